The van der Waals surface area contributed by atoms with Gasteiger partial charge >= 0.3 is 5.97 Å². The lowest BCUT2D eigenvalue weighted by Gasteiger charge is -2.10. The van der Waals surface area contributed by atoms with Gasteiger partial charge in [0.15, 0.2) is 0 Å². The minimum atomic E-state index is -0.282. The smallest absolute Gasteiger partial charge is 0.338 e. The van der Waals surface area contributed by atoms with Gasteiger partial charge in [-0.3, -0.25) is 0 Å². The van der Waals surface area contributed by atoms with Crippen LogP contribution >= 0.6 is 0 Å². The predicted octanol–water partition coefficient (Wildman–Crippen LogP) is 4.17. The summed E-state index contributed by atoms with van der Waals surface area (Å²) in [5.41, 5.74) is 4.04. The van der Waals surface area contributed by atoms with Crippen LogP contribution in [0.15, 0.2) is 48.5 Å². The topological polar surface area (TPSA) is 38.3 Å². The van der Waals surface area contributed by atoms with Gasteiger partial charge in [0.25, 0.3) is 0 Å². The number of anilines is 1. The molecule has 0 saturated heterocycles. The summed E-state index contributed by atoms with van der Waals surface area (Å²) in [5.74, 6) is -0.282. The first-order chi connectivity index (χ1) is 10.0. The molecule has 0 radical (unpaired) electrons. The molecule has 0 heterocycles. The zero-order chi connectivity index (χ0) is 15.2. The van der Waals surface area contributed by atoms with Crippen molar-refractivity contribution in [3.05, 3.63) is 65.2 Å². The van der Waals surface area contributed by atoms with Gasteiger partial charge in [0.05, 0.1) is 11.7 Å². The lowest BCUT2D eigenvalue weighted by Crippen LogP contribution is -2.11. The molecule has 2 aromatic rings. The summed E-state index contributed by atoms with van der Waals surface area (Å²) in [5, 5.41) is 3.34. The Labute approximate surface area is 126 Å². The van der Waals surface area contributed by atoms with Crippen molar-refractivity contribution in [2.24, 2.45) is 0 Å². The van der Waals surface area contributed by atoms with Gasteiger partial charge in [-0.15, -0.1) is 0 Å². The maximum Gasteiger partial charge on any atom is 0.338 e. The van der Waals surface area contributed by atoms with E-state index in [1.165, 1.54) is 11.1 Å². The molecule has 0 atom stereocenters. The Balaban J connectivity index is 1.95. The lowest BCUT2D eigenvalue weighted by atomic mass is 10.1. The summed E-state index contributed by atoms with van der Waals surface area (Å²) >= 11 is 0. The molecule has 0 aliphatic heterocycles. The van der Waals surface area contributed by atoms with Gasteiger partial charge in [-0.25, -0.2) is 4.79 Å². The van der Waals surface area contributed by atoms with E-state index in [9.17, 15) is 4.79 Å². The van der Waals surface area contributed by atoms with Crippen LogP contribution in [0.4, 0.5) is 5.69 Å². The van der Waals surface area contributed by atoms with Gasteiger partial charge in [0, 0.05) is 12.2 Å². The second-order valence-corrected chi connectivity index (χ2v) is 5.37. The van der Waals surface area contributed by atoms with Crippen molar-refractivity contribution in [1.29, 1.82) is 0 Å². The Hall–Kier alpha value is -2.29. The van der Waals surface area contributed by atoms with Crippen LogP contribution in [0, 0.1) is 6.92 Å². The first-order valence-corrected chi connectivity index (χ1v) is 7.15. The van der Waals surface area contributed by atoms with Crippen molar-refractivity contribution in [3.63, 3.8) is 0 Å². The molecule has 0 saturated carbocycles. The van der Waals surface area contributed by atoms with E-state index < -0.39 is 0 Å². The predicted molar refractivity (Wildman–Crippen MR) is 85.5 cm³/mol. The van der Waals surface area contributed by atoms with Crippen molar-refractivity contribution >= 4 is 11.7 Å². The first kappa shape index (κ1) is 15.1. The summed E-state index contributed by atoms with van der Waals surface area (Å²) in [4.78, 5) is 11.7. The Morgan fingerprint density at radius 1 is 1.14 bits per heavy atom. The number of carbonyl (C=O) groups is 1. The average Bonchev–Trinajstić information content (AvgIpc) is 2.45. The van der Waals surface area contributed by atoms with E-state index in [1.54, 1.807) is 12.1 Å². The maximum absolute atomic E-state index is 11.7. The second kappa shape index (κ2) is 6.93. The van der Waals surface area contributed by atoms with Gasteiger partial charge < -0.3 is 10.1 Å². The van der Waals surface area contributed by atoms with Gasteiger partial charge in [0.2, 0.25) is 0 Å². The summed E-state index contributed by atoms with van der Waals surface area (Å²) in [6, 6.07) is 15.7. The molecule has 0 aromatic heterocycles. The highest BCUT2D eigenvalue weighted by atomic mass is 16.5. The molecule has 1 N–H and O–H groups in total. The molecule has 0 unspecified atom stereocenters. The van der Waals surface area contributed by atoms with Crippen molar-refractivity contribution in [3.8, 4) is 0 Å². The molecule has 3 nitrogen and oxygen atoms in total. The fraction of sp³-hybridized carbons (Fsp3) is 0.278. The molecule has 0 aliphatic carbocycles. The third-order valence-corrected chi connectivity index (χ3v) is 3.04. The number of rotatable bonds is 5. The molecule has 0 bridgehead atoms. The minimum absolute atomic E-state index is 0.100. The van der Waals surface area contributed by atoms with E-state index in [0.717, 1.165) is 12.2 Å². The standard InChI is InChI=1S/C18H21NO2/c1-13(2)21-18(20)16-7-9-17(10-8-16)19-12-15-6-4-5-14(3)11-15/h4-11,13,19H,12H2,1-3H3. The lowest BCUT2D eigenvalue weighted by molar-refractivity contribution is 0.0378. The Bertz CT molecular complexity index is 603. The fourth-order valence-corrected chi connectivity index (χ4v) is 2.03. The highest BCUT2D eigenvalue weighted by Crippen LogP contribution is 2.13. The van der Waals surface area contributed by atoms with Crippen LogP contribution in [-0.2, 0) is 11.3 Å². The molecule has 110 valence electrons. The third kappa shape index (κ3) is 4.63. The van der Waals surface area contributed by atoms with E-state index in [4.69, 9.17) is 4.74 Å². The van der Waals surface area contributed by atoms with E-state index in [1.807, 2.05) is 26.0 Å². The van der Waals surface area contributed by atoms with Crippen molar-refractivity contribution in [1.82, 2.24) is 0 Å². The van der Waals surface area contributed by atoms with Gasteiger partial charge in [-0.1, -0.05) is 29.8 Å². The zero-order valence-electron chi connectivity index (χ0n) is 12.7. The molecular formula is C18H21NO2. The van der Waals surface area contributed by atoms with Crippen molar-refractivity contribution in [2.45, 2.75) is 33.4 Å². The van der Waals surface area contributed by atoms with Crippen molar-refractivity contribution in [2.75, 3.05) is 5.32 Å². The summed E-state index contributed by atoms with van der Waals surface area (Å²) in [6.07, 6.45) is -0.100. The third-order valence-electron chi connectivity index (χ3n) is 3.04. The Morgan fingerprint density at radius 3 is 2.48 bits per heavy atom. The van der Waals surface area contributed by atoms with Crippen LogP contribution in [0.5, 0.6) is 0 Å². The molecule has 2 rings (SSSR count). The minimum Gasteiger partial charge on any atom is -0.459 e. The van der Waals surface area contributed by atoms with E-state index >= 15 is 0 Å². The molecule has 2 aromatic carbocycles. The Kier molecular flexibility index (Phi) is 4.99. The average molecular weight is 283 g/mol. The highest BCUT2D eigenvalue weighted by molar-refractivity contribution is 5.89. The van der Waals surface area contributed by atoms with Crippen LogP contribution in [-0.4, -0.2) is 12.1 Å². The number of esters is 1. The molecule has 3 heteroatoms. The molecule has 21 heavy (non-hydrogen) atoms. The van der Waals surface area contributed by atoms with Gasteiger partial charge in [0.1, 0.15) is 0 Å². The van der Waals surface area contributed by atoms with E-state index in [-0.39, 0.29) is 12.1 Å². The fourth-order valence-electron chi connectivity index (χ4n) is 2.03. The number of ether oxygens (including phenoxy) is 1. The molecule has 0 aliphatic rings. The number of hydrogen-bond acceptors (Lipinski definition) is 3. The molecule has 0 fully saturated rings. The monoisotopic (exact) mass is 283 g/mol. The Morgan fingerprint density at radius 2 is 1.86 bits per heavy atom. The van der Waals surface area contributed by atoms with Crippen LogP contribution in [0.25, 0.3) is 0 Å². The van der Waals surface area contributed by atoms with E-state index in [2.05, 4.69) is 36.5 Å². The number of aryl methyl sites for hydroxylation is 1. The number of hydrogen-bond donors (Lipinski definition) is 1. The van der Waals surface area contributed by atoms with Crippen LogP contribution in [0.1, 0.15) is 35.3 Å². The van der Waals surface area contributed by atoms with Crippen LogP contribution in [0.3, 0.4) is 0 Å². The number of nitrogens with one attached hydrogen (secondary N) is 1. The number of carbonyl (C=O) groups excluding carboxylic acids is 1. The van der Waals surface area contributed by atoms with E-state index in [0.29, 0.717) is 5.56 Å². The van der Waals surface area contributed by atoms with Crippen LogP contribution in [0.2, 0.25) is 0 Å². The van der Waals surface area contributed by atoms with Gasteiger partial charge in [-0.2, -0.15) is 0 Å². The summed E-state index contributed by atoms with van der Waals surface area (Å²) in [6.45, 7) is 6.53. The summed E-state index contributed by atoms with van der Waals surface area (Å²) < 4.78 is 5.16. The number of benzene rings is 2. The highest BCUT2D eigenvalue weighted by Gasteiger charge is 2.08. The largest absolute Gasteiger partial charge is 0.459 e. The van der Waals surface area contributed by atoms with Gasteiger partial charge in [-0.05, 0) is 50.6 Å². The summed E-state index contributed by atoms with van der Waals surface area (Å²) in [7, 11) is 0. The zero-order valence-corrected chi connectivity index (χ0v) is 12.7. The van der Waals surface area contributed by atoms with Crippen molar-refractivity contribution < 1.29 is 9.53 Å². The molecule has 0 amide bonds. The maximum atomic E-state index is 11.7. The quantitative estimate of drug-likeness (QED) is 0.837. The second-order valence-electron chi connectivity index (χ2n) is 5.37. The molecule has 0 spiro atoms. The SMILES string of the molecule is Cc1cccc(CNc2ccc(C(=O)OC(C)C)cc2)c1. The van der Waals surface area contributed by atoms with Crippen LogP contribution < -0.4 is 5.32 Å². The normalized spacial score (nSPS) is 10.5. The molecular weight excluding hydrogens is 262 g/mol. The first-order valence-electron chi connectivity index (χ1n) is 7.15.